The van der Waals surface area contributed by atoms with Gasteiger partial charge in [0.25, 0.3) is 11.6 Å². The monoisotopic (exact) mass is 463 g/mol. The second-order valence-electron chi connectivity index (χ2n) is 6.04. The number of nitro groups is 1. The van der Waals surface area contributed by atoms with E-state index in [1.807, 2.05) is 0 Å². The van der Waals surface area contributed by atoms with Gasteiger partial charge in [0.15, 0.2) is 0 Å². The highest BCUT2D eigenvalue weighted by Crippen LogP contribution is 2.37. The van der Waals surface area contributed by atoms with Crippen LogP contribution in [0.1, 0.15) is 16.1 Å². The van der Waals surface area contributed by atoms with Crippen LogP contribution in [0.15, 0.2) is 52.0 Å². The van der Waals surface area contributed by atoms with Crippen LogP contribution in [0.4, 0.5) is 5.69 Å². The Hall–Kier alpha value is -3.56. The van der Waals surface area contributed by atoms with Crippen LogP contribution < -0.4 is 14.9 Å². The lowest BCUT2D eigenvalue weighted by atomic mass is 10.1. The maximum atomic E-state index is 12.3. The number of methoxy groups -OCH3 is 2. The van der Waals surface area contributed by atoms with Gasteiger partial charge in [0.1, 0.15) is 28.0 Å². The lowest BCUT2D eigenvalue weighted by molar-refractivity contribution is -0.384. The van der Waals surface area contributed by atoms with Crippen molar-refractivity contribution in [1.82, 2.24) is 5.43 Å². The van der Waals surface area contributed by atoms with Gasteiger partial charge < -0.3 is 13.9 Å². The first-order valence-electron chi connectivity index (χ1n) is 8.62. The average Bonchev–Trinajstić information content (AvgIpc) is 3.22. The van der Waals surface area contributed by atoms with E-state index in [1.54, 1.807) is 30.3 Å². The van der Waals surface area contributed by atoms with Crippen LogP contribution in [0.25, 0.3) is 11.3 Å². The van der Waals surface area contributed by atoms with Gasteiger partial charge in [-0.15, -0.1) is 0 Å². The molecule has 1 aromatic heterocycles. The number of ether oxygens (including phenoxy) is 2. The second kappa shape index (κ2) is 9.50. The summed E-state index contributed by atoms with van der Waals surface area (Å²) in [5, 5.41) is 14.8. The Morgan fingerprint density at radius 1 is 1.10 bits per heavy atom. The highest BCUT2D eigenvalue weighted by atomic mass is 35.5. The zero-order chi connectivity index (χ0) is 22.5. The summed E-state index contributed by atoms with van der Waals surface area (Å²) in [4.78, 5) is 22.6. The van der Waals surface area contributed by atoms with E-state index in [4.69, 9.17) is 37.1 Å². The van der Waals surface area contributed by atoms with Crippen molar-refractivity contribution in [3.63, 3.8) is 0 Å². The molecule has 3 aromatic rings. The molecule has 0 atom stereocenters. The first-order chi connectivity index (χ1) is 14.8. The van der Waals surface area contributed by atoms with Gasteiger partial charge >= 0.3 is 0 Å². The molecule has 0 saturated carbocycles. The van der Waals surface area contributed by atoms with E-state index in [0.29, 0.717) is 34.1 Å². The number of carbonyl (C=O) groups excluding carboxylic acids is 1. The Morgan fingerprint density at radius 2 is 1.77 bits per heavy atom. The van der Waals surface area contributed by atoms with E-state index < -0.39 is 10.8 Å². The van der Waals surface area contributed by atoms with E-state index in [9.17, 15) is 14.9 Å². The van der Waals surface area contributed by atoms with Crippen LogP contribution in [0.5, 0.6) is 11.5 Å². The van der Waals surface area contributed by atoms with E-state index in [1.165, 1.54) is 26.5 Å². The number of amides is 1. The molecule has 160 valence electrons. The zero-order valence-corrected chi connectivity index (χ0v) is 17.7. The Bertz CT molecular complexity index is 1150. The van der Waals surface area contributed by atoms with E-state index in [2.05, 4.69) is 10.5 Å². The normalized spacial score (nSPS) is 10.8. The van der Waals surface area contributed by atoms with Crippen LogP contribution in [-0.4, -0.2) is 31.3 Å². The van der Waals surface area contributed by atoms with Crippen LogP contribution in [0, 0.1) is 10.1 Å². The standard InChI is InChI=1S/C20H15Cl2N3O6/c1-29-13-5-11(6-14(7-13)30-2)20(26)24-23-10-12-3-4-19(31-12)15-8-17(22)18(25(27)28)9-16(15)21/h3-10H,1-2H3,(H,24,26). The van der Waals surface area contributed by atoms with Crippen LogP contribution in [-0.2, 0) is 0 Å². The number of carbonyl (C=O) groups is 1. The van der Waals surface area contributed by atoms with E-state index >= 15 is 0 Å². The summed E-state index contributed by atoms with van der Waals surface area (Å²) in [6.07, 6.45) is 1.29. The summed E-state index contributed by atoms with van der Waals surface area (Å²) in [5.41, 5.74) is 2.74. The van der Waals surface area contributed by atoms with Crippen LogP contribution in [0.3, 0.4) is 0 Å². The number of hydrazone groups is 1. The maximum absolute atomic E-state index is 12.3. The third-order valence-corrected chi connectivity index (χ3v) is 4.71. The first-order valence-corrected chi connectivity index (χ1v) is 9.38. The van der Waals surface area contributed by atoms with Crippen molar-refractivity contribution in [3.05, 3.63) is 73.9 Å². The molecule has 0 radical (unpaired) electrons. The molecule has 0 bridgehead atoms. The van der Waals surface area contributed by atoms with E-state index in [-0.39, 0.29) is 15.7 Å². The van der Waals surface area contributed by atoms with Gasteiger partial charge in [-0.05, 0) is 30.3 Å². The van der Waals surface area contributed by atoms with Crippen molar-refractivity contribution in [2.75, 3.05) is 14.2 Å². The number of benzene rings is 2. The van der Waals surface area contributed by atoms with Gasteiger partial charge in [0, 0.05) is 23.3 Å². The molecule has 11 heteroatoms. The quantitative estimate of drug-likeness (QED) is 0.301. The Balaban J connectivity index is 1.74. The molecule has 0 unspecified atom stereocenters. The summed E-state index contributed by atoms with van der Waals surface area (Å²) in [6.45, 7) is 0. The zero-order valence-electron chi connectivity index (χ0n) is 16.2. The summed E-state index contributed by atoms with van der Waals surface area (Å²) in [7, 11) is 2.96. The lowest BCUT2D eigenvalue weighted by Crippen LogP contribution is -2.17. The van der Waals surface area contributed by atoms with Gasteiger partial charge in [0.05, 0.1) is 30.4 Å². The number of rotatable bonds is 7. The summed E-state index contributed by atoms with van der Waals surface area (Å²) in [6, 6.07) is 10.4. The third-order valence-electron chi connectivity index (χ3n) is 4.10. The maximum Gasteiger partial charge on any atom is 0.289 e. The smallest absolute Gasteiger partial charge is 0.289 e. The number of nitrogens with one attached hydrogen (secondary N) is 1. The molecular weight excluding hydrogens is 449 g/mol. The van der Waals surface area contributed by atoms with Crippen molar-refractivity contribution >= 4 is 41.0 Å². The predicted molar refractivity (Wildman–Crippen MR) is 115 cm³/mol. The van der Waals surface area contributed by atoms with Crippen molar-refractivity contribution in [2.45, 2.75) is 0 Å². The molecule has 9 nitrogen and oxygen atoms in total. The highest BCUT2D eigenvalue weighted by molar-refractivity contribution is 6.36. The van der Waals surface area contributed by atoms with Gasteiger partial charge in [-0.25, -0.2) is 5.43 Å². The predicted octanol–water partition coefficient (Wildman–Crippen LogP) is 4.94. The van der Waals surface area contributed by atoms with Crippen molar-refractivity contribution in [1.29, 1.82) is 0 Å². The van der Waals surface area contributed by atoms with Gasteiger partial charge in [-0.3, -0.25) is 14.9 Å². The summed E-state index contributed by atoms with van der Waals surface area (Å²) < 4.78 is 15.9. The van der Waals surface area contributed by atoms with Gasteiger partial charge in [-0.1, -0.05) is 23.2 Å². The summed E-state index contributed by atoms with van der Waals surface area (Å²) in [5.74, 6) is 1.08. The molecule has 31 heavy (non-hydrogen) atoms. The molecular formula is C20H15Cl2N3O6. The molecule has 0 fully saturated rings. The van der Waals surface area contributed by atoms with Crippen molar-refractivity contribution in [2.24, 2.45) is 5.10 Å². The number of furan rings is 1. The second-order valence-corrected chi connectivity index (χ2v) is 6.86. The molecule has 0 aliphatic heterocycles. The largest absolute Gasteiger partial charge is 0.497 e. The molecule has 1 amide bonds. The van der Waals surface area contributed by atoms with Crippen molar-refractivity contribution < 1.29 is 23.6 Å². The fraction of sp³-hybridized carbons (Fsp3) is 0.100. The number of nitro benzene ring substituents is 1. The topological polar surface area (TPSA) is 116 Å². The fourth-order valence-electron chi connectivity index (χ4n) is 2.59. The molecule has 1 N–H and O–H groups in total. The van der Waals surface area contributed by atoms with Gasteiger partial charge in [0.2, 0.25) is 0 Å². The summed E-state index contributed by atoms with van der Waals surface area (Å²) >= 11 is 12.1. The number of halogens is 2. The lowest BCUT2D eigenvalue weighted by Gasteiger charge is -2.07. The fourth-order valence-corrected chi connectivity index (χ4v) is 3.07. The molecule has 1 heterocycles. The van der Waals surface area contributed by atoms with Crippen LogP contribution in [0.2, 0.25) is 10.0 Å². The van der Waals surface area contributed by atoms with E-state index in [0.717, 1.165) is 6.07 Å². The van der Waals surface area contributed by atoms with Gasteiger partial charge in [-0.2, -0.15) is 5.10 Å². The molecule has 0 aliphatic carbocycles. The van der Waals surface area contributed by atoms with Crippen molar-refractivity contribution in [3.8, 4) is 22.8 Å². The Morgan fingerprint density at radius 3 is 2.39 bits per heavy atom. The number of hydrogen-bond acceptors (Lipinski definition) is 7. The number of nitrogens with zero attached hydrogens (tertiary/aromatic N) is 2. The minimum atomic E-state index is -0.626. The molecule has 3 rings (SSSR count). The molecule has 0 saturated heterocycles. The molecule has 0 aliphatic rings. The number of hydrogen-bond donors (Lipinski definition) is 1. The average molecular weight is 464 g/mol. The Labute approximate surface area is 186 Å². The minimum Gasteiger partial charge on any atom is -0.497 e. The third kappa shape index (κ3) is 5.14. The molecule has 0 spiro atoms. The molecule has 2 aromatic carbocycles. The van der Waals surface area contributed by atoms with Crippen LogP contribution >= 0.6 is 23.2 Å². The SMILES string of the molecule is COc1cc(OC)cc(C(=O)NN=Cc2ccc(-c3cc(Cl)c([N+](=O)[O-])cc3Cl)o2)c1. The minimum absolute atomic E-state index is 0.0722. The highest BCUT2D eigenvalue weighted by Gasteiger charge is 2.18. The Kier molecular flexibility index (Phi) is 6.78. The first kappa shape index (κ1) is 22.1.